The van der Waals surface area contributed by atoms with E-state index in [4.69, 9.17) is 69.5 Å². The molecule has 0 aromatic heterocycles. The molecular formula is C60H89CoN13O15P-7. The molecule has 90 heavy (non-hydrogen) atoms. The van der Waals surface area contributed by atoms with Gasteiger partial charge in [0.15, 0.2) is 6.23 Å². The molecule has 7 amide bonds. The average molecular weight is 1320 g/mol. The third kappa shape index (κ3) is 14.7. The van der Waals surface area contributed by atoms with E-state index in [1.165, 1.54) is 24.0 Å². The van der Waals surface area contributed by atoms with E-state index in [0.717, 1.165) is 0 Å². The molecule has 0 saturated carbocycles. The number of nitrogens with zero attached hydrogens (tertiary/aromatic N) is 6. The summed E-state index contributed by atoms with van der Waals surface area (Å²) in [5.74, 6) is -7.07. The zero-order valence-corrected chi connectivity index (χ0v) is 54.4. The fraction of sp³-hybridized carbons (Fsp3) is 0.667. The first kappa shape index (κ1) is 73.0. The summed E-state index contributed by atoms with van der Waals surface area (Å²) in [5, 5.41) is 60.6. The normalized spacial score (nSPS) is 36.2. The van der Waals surface area contributed by atoms with Crippen LogP contribution in [-0.4, -0.2) is 137 Å². The number of anilines is 1. The summed E-state index contributed by atoms with van der Waals surface area (Å²) in [6.07, 6.45) is -5.92. The molecule has 505 valence electrons. The molecule has 1 aromatic rings. The minimum Gasteiger partial charge on any atom is -0.756 e. The van der Waals surface area contributed by atoms with Gasteiger partial charge in [-0.3, -0.25) is 38.1 Å². The number of phenolic OH excluding ortho intramolecular Hbond substituents is 1. The van der Waals surface area contributed by atoms with Gasteiger partial charge in [0.2, 0.25) is 41.4 Å². The number of hydrogen-bond donors (Lipinski definition) is 10. The summed E-state index contributed by atoms with van der Waals surface area (Å²) in [7, 11) is -5.32. The van der Waals surface area contributed by atoms with Crippen molar-refractivity contribution in [1.29, 1.82) is 0 Å². The van der Waals surface area contributed by atoms with Gasteiger partial charge in [-0.25, -0.2) is 0 Å². The summed E-state index contributed by atoms with van der Waals surface area (Å²) in [4.78, 5) is 108. The zero-order valence-electron chi connectivity index (χ0n) is 52.5. The van der Waals surface area contributed by atoms with Crippen molar-refractivity contribution in [1.82, 2.24) is 5.32 Å². The summed E-state index contributed by atoms with van der Waals surface area (Å²) in [5.41, 5.74) is 35.4. The third-order valence-electron chi connectivity index (χ3n) is 20.0. The minimum absolute atomic E-state index is 0. The number of aliphatic hydroxyl groups excluding tert-OH is 2. The standard InChI is InChI=1S/C59H87N13O15P.CH3.Co/c1-27(86-88(83,84)87-52-39(25-73)85-55(51(52)82)72-26-67-35-12-9-30(74)17-38(35)72)24-66-48(81)15-16-57(6)33(18-44(62)77)37-21-41-58(7,22-46(64)79)32(11-14-43(61)76)50(71-41)29(3)54-59(8,23-47(65)80)34(19-45(63)78)36(69-54)20-40-56(4,5)31(10-13-42(60)75)49(70-40)28(2)53(57)68-37;;/h9,12,17,20,27,31-34,37,39-41,51-55,73-74,82H,10-11,13-16,18-19,21-26H2,1-8H3,(H2,60,75)(H2,61,76)(H2,62,77)(H2,63,78)(H2,64,79)(H2,65,80)(H,66,81)(H,83,84);1H3;/q-5;-1;/p-1/b36-20-,49-28-,50-29-;;/t27?,31?,32?,33?,34?,37?,39-,40?,41?,51-,52-,53?,54?,55+,57?,58?,59?;;/m1../s1. The van der Waals surface area contributed by atoms with Crippen molar-refractivity contribution in [2.45, 2.75) is 187 Å². The molecule has 18 atom stereocenters. The number of ether oxygens (including phenoxy) is 1. The predicted octanol–water partition coefficient (Wildman–Crippen LogP) is 3.63. The number of phosphoric acid groups is 1. The van der Waals surface area contributed by atoms with Crippen LogP contribution in [0.25, 0.3) is 26.6 Å². The van der Waals surface area contributed by atoms with Crippen molar-refractivity contribution >= 4 is 60.5 Å². The number of benzene rings is 1. The van der Waals surface area contributed by atoms with Crippen LogP contribution >= 0.6 is 7.82 Å². The quantitative estimate of drug-likeness (QED) is 0.0494. The number of nitrogens with one attached hydrogen (secondary N) is 1. The molecule has 1 aromatic carbocycles. The van der Waals surface area contributed by atoms with Crippen molar-refractivity contribution in [3.63, 3.8) is 0 Å². The molecule has 0 aliphatic carbocycles. The molecule has 8 bridgehead atoms. The molecule has 5 fully saturated rings. The maximum atomic E-state index is 14.2. The number of aromatic hydroxyl groups is 1. The van der Waals surface area contributed by atoms with Gasteiger partial charge in [0.25, 0.3) is 7.82 Å². The summed E-state index contributed by atoms with van der Waals surface area (Å²) >= 11 is 0. The average Bonchev–Trinajstić information content (AvgIpc) is 1.58. The Morgan fingerprint density at radius 1 is 0.811 bits per heavy atom. The number of amides is 7. The van der Waals surface area contributed by atoms with Gasteiger partial charge in [-0.05, 0) is 91.4 Å². The molecule has 8 rings (SSSR count). The number of fused-ring (bicyclic) bond motifs is 9. The minimum atomic E-state index is -5.32. The van der Waals surface area contributed by atoms with Crippen molar-refractivity contribution < 1.29 is 88.9 Å². The van der Waals surface area contributed by atoms with Crippen molar-refractivity contribution in [3.8, 4) is 5.75 Å². The van der Waals surface area contributed by atoms with E-state index in [9.17, 15) is 58.3 Å². The Kier molecular flexibility index (Phi) is 22.8. The number of rotatable bonds is 25. The third-order valence-corrected chi connectivity index (χ3v) is 21.1. The van der Waals surface area contributed by atoms with Gasteiger partial charge >= 0.3 is 0 Å². The van der Waals surface area contributed by atoms with Crippen molar-refractivity contribution in [2.24, 2.45) is 79.7 Å². The summed E-state index contributed by atoms with van der Waals surface area (Å²) in [6, 6.07) is 0.484. The molecule has 7 aliphatic rings. The van der Waals surface area contributed by atoms with Gasteiger partial charge in [-0.1, -0.05) is 65.9 Å². The molecule has 28 nitrogen and oxygen atoms in total. The number of phenols is 1. The predicted molar refractivity (Wildman–Crippen MR) is 327 cm³/mol. The zero-order chi connectivity index (χ0) is 64.9. The second-order valence-corrected chi connectivity index (χ2v) is 27.8. The molecule has 7 heterocycles. The first-order valence-electron chi connectivity index (χ1n) is 29.9. The van der Waals surface area contributed by atoms with E-state index >= 15 is 0 Å². The largest absolute Gasteiger partial charge is 0.756 e. The topological polar surface area (TPSA) is 490 Å². The number of aliphatic hydroxyl groups is 2. The van der Waals surface area contributed by atoms with Gasteiger partial charge in [0.1, 0.15) is 24.1 Å². The SMILES string of the molecule is C/C1=C2/[N-]C(CC3[N-]C(/C(C)=C4\[N-]C(/C=C5\[N-]C1C(C)(CC(N)=O)C5CC(N)=O)C(C)(C)C4CCC(N)=O)C(C)(CCC(=O)NCC(C)OP(=O)([O-])O[C@H]1[C@@H](O)[C@@H](N4C[N-]c5ccc(O)cc54)O[C@@H]1CO)C3CC(N)=O)C(C)(CC(N)=O)C2CCC(N)=O.[CH3-].[Co]. The first-order valence-corrected chi connectivity index (χ1v) is 31.3. The van der Waals surface area contributed by atoms with Crippen LogP contribution in [0.4, 0.5) is 11.4 Å². The number of phosphoric ester groups is 1. The Morgan fingerprint density at radius 3 is 2.01 bits per heavy atom. The molecule has 5 saturated heterocycles. The Bertz CT molecular complexity index is 3080. The summed E-state index contributed by atoms with van der Waals surface area (Å²) < 4.78 is 30.0. The fourth-order valence-electron chi connectivity index (χ4n) is 15.5. The number of nitrogens with two attached hydrogens (primary N) is 6. The molecule has 0 spiro atoms. The van der Waals surface area contributed by atoms with Crippen LogP contribution in [0.3, 0.4) is 0 Å². The number of carbonyl (C=O) groups is 7. The van der Waals surface area contributed by atoms with Gasteiger partial charge in [0.05, 0.1) is 12.7 Å². The second-order valence-electron chi connectivity index (χ2n) is 26.5. The molecule has 30 heteroatoms. The van der Waals surface area contributed by atoms with Crippen LogP contribution in [0.15, 0.2) is 52.5 Å². The van der Waals surface area contributed by atoms with Crippen molar-refractivity contribution in [3.05, 3.63) is 86.5 Å². The van der Waals surface area contributed by atoms with Gasteiger partial charge in [0, 0.05) is 80.0 Å². The van der Waals surface area contributed by atoms with Crippen LogP contribution in [0.1, 0.15) is 126 Å². The molecule has 16 N–H and O–H groups in total. The Hall–Kier alpha value is -6.01. The van der Waals surface area contributed by atoms with E-state index < -0.39 is 162 Å². The van der Waals surface area contributed by atoms with Crippen LogP contribution in [-0.2, 0) is 68.7 Å². The molecule has 1 radical (unpaired) electrons. The van der Waals surface area contributed by atoms with Crippen LogP contribution < -0.4 is 49.5 Å². The van der Waals surface area contributed by atoms with Crippen LogP contribution in [0.2, 0.25) is 0 Å². The number of hydrogen-bond acceptors (Lipinski definition) is 16. The monoisotopic (exact) mass is 1320 g/mol. The van der Waals surface area contributed by atoms with Crippen LogP contribution in [0.5, 0.6) is 5.75 Å². The smallest absolute Gasteiger partial charge is 0.268 e. The van der Waals surface area contributed by atoms with Crippen LogP contribution in [0, 0.1) is 52.8 Å². The van der Waals surface area contributed by atoms with E-state index in [0.29, 0.717) is 39.6 Å². The number of allylic oxidation sites excluding steroid dienone is 3. The fourth-order valence-corrected chi connectivity index (χ4v) is 16.6. The molecular weight excluding hydrogens is 1230 g/mol. The van der Waals surface area contributed by atoms with E-state index in [1.807, 2.05) is 54.5 Å². The maximum absolute atomic E-state index is 14.2. The molecule has 7 aliphatic heterocycles. The molecule has 14 unspecified atom stereocenters. The number of primary amides is 6. The summed E-state index contributed by atoms with van der Waals surface area (Å²) in [6.45, 7) is 13.5. The van der Waals surface area contributed by atoms with Gasteiger partial charge in [-0.15, -0.1) is 41.0 Å². The van der Waals surface area contributed by atoms with E-state index in [2.05, 4.69) is 10.6 Å². The Labute approximate surface area is 536 Å². The van der Waals surface area contributed by atoms with Gasteiger partial charge in [-0.2, -0.15) is 17.1 Å². The van der Waals surface area contributed by atoms with E-state index in [-0.39, 0.29) is 114 Å². The maximum Gasteiger partial charge on any atom is 0.268 e. The van der Waals surface area contributed by atoms with Crippen molar-refractivity contribution in [2.75, 3.05) is 24.7 Å². The number of carbonyl (C=O) groups excluding carboxylic acids is 7. The first-order chi connectivity index (χ1) is 41.0. The second kappa shape index (κ2) is 28.1. The van der Waals surface area contributed by atoms with E-state index in [1.54, 1.807) is 6.07 Å². The van der Waals surface area contributed by atoms with Gasteiger partial charge < -0.3 is 113 Å². The Balaban J connectivity index is 0.00000645. The Morgan fingerprint density at radius 2 is 1.41 bits per heavy atom.